The Morgan fingerprint density at radius 2 is 2.00 bits per heavy atom. The SMILES string of the molecule is CN(c1ccccc1)S(=O)(=O)c1c(N)nc2sccn12. The van der Waals surface area contributed by atoms with Crippen LogP contribution in [0.15, 0.2) is 46.9 Å². The number of rotatable bonds is 3. The molecule has 0 atom stereocenters. The fourth-order valence-corrected chi connectivity index (χ4v) is 4.09. The highest BCUT2D eigenvalue weighted by atomic mass is 32.2. The molecule has 1 aromatic carbocycles. The van der Waals surface area contributed by atoms with E-state index in [1.807, 2.05) is 6.07 Å². The molecular weight excluding hydrogens is 296 g/mol. The zero-order valence-corrected chi connectivity index (χ0v) is 12.2. The van der Waals surface area contributed by atoms with E-state index in [9.17, 15) is 8.42 Å². The van der Waals surface area contributed by atoms with Gasteiger partial charge in [0.2, 0.25) is 5.03 Å². The Bertz CT molecular complexity index is 852. The summed E-state index contributed by atoms with van der Waals surface area (Å²) in [6, 6.07) is 8.83. The van der Waals surface area contributed by atoms with Gasteiger partial charge in [0.15, 0.2) is 10.8 Å². The number of sulfonamides is 1. The van der Waals surface area contributed by atoms with E-state index in [0.717, 1.165) is 0 Å². The fraction of sp³-hybridized carbons (Fsp3) is 0.0833. The van der Waals surface area contributed by atoms with Crippen molar-refractivity contribution in [3.8, 4) is 0 Å². The van der Waals surface area contributed by atoms with Crippen molar-refractivity contribution >= 4 is 37.8 Å². The highest BCUT2D eigenvalue weighted by Crippen LogP contribution is 2.28. The number of nitrogen functional groups attached to an aromatic ring is 1. The van der Waals surface area contributed by atoms with Gasteiger partial charge in [-0.2, -0.15) is 8.42 Å². The van der Waals surface area contributed by atoms with Crippen LogP contribution in [0.25, 0.3) is 4.96 Å². The lowest BCUT2D eigenvalue weighted by molar-refractivity contribution is 0.590. The van der Waals surface area contributed by atoms with Crippen molar-refractivity contribution in [3.63, 3.8) is 0 Å². The Hall–Kier alpha value is -2.06. The maximum atomic E-state index is 12.7. The summed E-state index contributed by atoms with van der Waals surface area (Å²) < 4.78 is 28.1. The Kier molecular flexibility index (Phi) is 2.91. The van der Waals surface area contributed by atoms with Crippen LogP contribution < -0.4 is 10.0 Å². The van der Waals surface area contributed by atoms with E-state index in [1.54, 1.807) is 35.8 Å². The van der Waals surface area contributed by atoms with Crippen LogP contribution in [0.1, 0.15) is 0 Å². The molecule has 8 heteroatoms. The lowest BCUT2D eigenvalue weighted by Crippen LogP contribution is -2.28. The average molecular weight is 308 g/mol. The molecule has 6 nitrogen and oxygen atoms in total. The summed E-state index contributed by atoms with van der Waals surface area (Å²) in [6.07, 6.45) is 1.65. The maximum absolute atomic E-state index is 12.7. The van der Waals surface area contributed by atoms with Gasteiger partial charge in [-0.1, -0.05) is 18.2 Å². The summed E-state index contributed by atoms with van der Waals surface area (Å²) >= 11 is 1.33. The molecule has 0 aliphatic rings. The van der Waals surface area contributed by atoms with Gasteiger partial charge in [-0.05, 0) is 12.1 Å². The molecule has 2 heterocycles. The van der Waals surface area contributed by atoms with Crippen molar-refractivity contribution in [1.82, 2.24) is 9.38 Å². The third-order valence-electron chi connectivity index (χ3n) is 2.97. The van der Waals surface area contributed by atoms with Crippen LogP contribution >= 0.6 is 11.3 Å². The lowest BCUT2D eigenvalue weighted by atomic mass is 10.3. The van der Waals surface area contributed by atoms with Gasteiger partial charge in [0.05, 0.1) is 5.69 Å². The summed E-state index contributed by atoms with van der Waals surface area (Å²) in [7, 11) is -2.26. The van der Waals surface area contributed by atoms with Gasteiger partial charge in [0.1, 0.15) is 0 Å². The number of para-hydroxylation sites is 1. The molecular formula is C12H12N4O2S2. The summed E-state index contributed by atoms with van der Waals surface area (Å²) in [5.41, 5.74) is 6.34. The van der Waals surface area contributed by atoms with E-state index < -0.39 is 10.0 Å². The molecule has 0 radical (unpaired) electrons. The maximum Gasteiger partial charge on any atom is 0.283 e. The van der Waals surface area contributed by atoms with E-state index in [-0.39, 0.29) is 10.8 Å². The molecule has 0 bridgehead atoms. The largest absolute Gasteiger partial charge is 0.381 e. The number of aromatic nitrogens is 2. The van der Waals surface area contributed by atoms with Gasteiger partial charge >= 0.3 is 0 Å². The Morgan fingerprint density at radius 3 is 2.70 bits per heavy atom. The highest BCUT2D eigenvalue weighted by molar-refractivity contribution is 7.92. The second-order valence-electron chi connectivity index (χ2n) is 4.17. The Morgan fingerprint density at radius 1 is 1.30 bits per heavy atom. The predicted octanol–water partition coefficient (Wildman–Crippen LogP) is 1.80. The molecule has 0 saturated heterocycles. The second kappa shape index (κ2) is 4.50. The number of nitrogens with two attached hydrogens (primary N) is 1. The van der Waals surface area contributed by atoms with E-state index in [1.165, 1.54) is 27.1 Å². The Balaban J connectivity index is 2.17. The topological polar surface area (TPSA) is 80.7 Å². The first-order valence-corrected chi connectivity index (χ1v) is 8.09. The number of thiazole rings is 1. The molecule has 3 rings (SSSR count). The van der Waals surface area contributed by atoms with Crippen molar-refractivity contribution in [2.75, 3.05) is 17.1 Å². The molecule has 0 spiro atoms. The number of hydrogen-bond acceptors (Lipinski definition) is 5. The molecule has 0 unspecified atom stereocenters. The molecule has 0 aliphatic heterocycles. The van der Waals surface area contributed by atoms with Crippen molar-refractivity contribution in [1.29, 1.82) is 0 Å². The van der Waals surface area contributed by atoms with Crippen LogP contribution in [-0.4, -0.2) is 24.9 Å². The number of imidazole rings is 1. The zero-order chi connectivity index (χ0) is 14.3. The average Bonchev–Trinajstić information content (AvgIpc) is 2.98. The van der Waals surface area contributed by atoms with Crippen LogP contribution in [0.3, 0.4) is 0 Å². The van der Waals surface area contributed by atoms with E-state index >= 15 is 0 Å². The number of anilines is 2. The fourth-order valence-electron chi connectivity index (χ4n) is 1.94. The van der Waals surface area contributed by atoms with Crippen molar-refractivity contribution in [2.45, 2.75) is 5.03 Å². The van der Waals surface area contributed by atoms with Gasteiger partial charge in [-0.3, -0.25) is 8.71 Å². The van der Waals surface area contributed by atoms with Gasteiger partial charge in [0, 0.05) is 18.6 Å². The van der Waals surface area contributed by atoms with Crippen LogP contribution in [0.4, 0.5) is 11.5 Å². The molecule has 2 N–H and O–H groups in total. The number of nitrogens with zero attached hydrogens (tertiary/aromatic N) is 3. The van der Waals surface area contributed by atoms with Crippen molar-refractivity contribution in [2.24, 2.45) is 0 Å². The number of hydrogen-bond donors (Lipinski definition) is 1. The minimum atomic E-state index is -3.76. The molecule has 0 saturated carbocycles. The predicted molar refractivity (Wildman–Crippen MR) is 79.5 cm³/mol. The van der Waals surface area contributed by atoms with Gasteiger partial charge in [-0.25, -0.2) is 4.98 Å². The summed E-state index contributed by atoms with van der Waals surface area (Å²) in [4.78, 5) is 4.63. The molecule has 2 aromatic heterocycles. The van der Waals surface area contributed by atoms with Gasteiger partial charge < -0.3 is 5.73 Å². The molecule has 0 fully saturated rings. The number of benzene rings is 1. The van der Waals surface area contributed by atoms with Crippen LogP contribution in [0.5, 0.6) is 0 Å². The van der Waals surface area contributed by atoms with E-state index in [4.69, 9.17) is 5.73 Å². The highest BCUT2D eigenvalue weighted by Gasteiger charge is 2.29. The van der Waals surface area contributed by atoms with Crippen molar-refractivity contribution < 1.29 is 8.42 Å². The first-order chi connectivity index (χ1) is 9.51. The molecule has 104 valence electrons. The van der Waals surface area contributed by atoms with Crippen molar-refractivity contribution in [3.05, 3.63) is 41.9 Å². The monoisotopic (exact) mass is 308 g/mol. The smallest absolute Gasteiger partial charge is 0.283 e. The van der Waals surface area contributed by atoms with Gasteiger partial charge in [0.25, 0.3) is 10.0 Å². The molecule has 20 heavy (non-hydrogen) atoms. The van der Waals surface area contributed by atoms with E-state index in [0.29, 0.717) is 10.6 Å². The third-order valence-corrected chi connectivity index (χ3v) is 5.55. The molecule has 3 aromatic rings. The molecule has 0 amide bonds. The normalized spacial score (nSPS) is 11.8. The standard InChI is InChI=1S/C12H12N4O2S2/c1-15(9-5-3-2-4-6-9)20(17,18)11-10(13)14-12-16(11)7-8-19-12/h2-8H,13H2,1H3. The van der Waals surface area contributed by atoms with Crippen LogP contribution in [-0.2, 0) is 10.0 Å². The Labute approximate surface area is 120 Å². The molecule has 0 aliphatic carbocycles. The minimum absolute atomic E-state index is 0.0000954. The summed E-state index contributed by atoms with van der Waals surface area (Å²) in [6.45, 7) is 0. The summed E-state index contributed by atoms with van der Waals surface area (Å²) in [5, 5.41) is 1.77. The first kappa shape index (κ1) is 12.9. The zero-order valence-electron chi connectivity index (χ0n) is 10.6. The van der Waals surface area contributed by atoms with Gasteiger partial charge in [-0.15, -0.1) is 11.3 Å². The summed E-state index contributed by atoms with van der Waals surface area (Å²) in [5.74, 6) is 0.0135. The quantitative estimate of drug-likeness (QED) is 0.800. The second-order valence-corrected chi connectivity index (χ2v) is 6.92. The minimum Gasteiger partial charge on any atom is -0.381 e. The number of fused-ring (bicyclic) bond motifs is 1. The third kappa shape index (κ3) is 1.84. The lowest BCUT2D eigenvalue weighted by Gasteiger charge is -2.18. The van der Waals surface area contributed by atoms with Crippen LogP contribution in [0.2, 0.25) is 0 Å². The van der Waals surface area contributed by atoms with E-state index in [2.05, 4.69) is 4.98 Å². The van der Waals surface area contributed by atoms with Crippen LogP contribution in [0, 0.1) is 0 Å². The first-order valence-electron chi connectivity index (χ1n) is 5.77.